The summed E-state index contributed by atoms with van der Waals surface area (Å²) in [5, 5.41) is 18.7. The number of benzene rings is 1. The molecule has 2 rings (SSSR count). The first-order valence-corrected chi connectivity index (χ1v) is 5.47. The maximum atomic E-state index is 9.15. The van der Waals surface area contributed by atoms with E-state index in [1.165, 1.54) is 6.26 Å². The minimum Gasteiger partial charge on any atom is -0.447 e. The minimum atomic E-state index is -0.567. The number of nitrogens with zero attached hydrogens (tertiary/aromatic N) is 2. The molecule has 0 amide bonds. The summed E-state index contributed by atoms with van der Waals surface area (Å²) in [6.45, 7) is 0. The van der Waals surface area contributed by atoms with E-state index in [1.54, 1.807) is 24.3 Å². The van der Waals surface area contributed by atoms with Crippen LogP contribution in [0.1, 0.15) is 11.5 Å². The number of nitriles is 2. The van der Waals surface area contributed by atoms with Crippen LogP contribution in [0.5, 0.6) is 0 Å². The normalized spacial score (nSPS) is 18.4. The number of halogens is 1. The fraction of sp³-hybridized carbons (Fsp3) is 0.0769. The van der Waals surface area contributed by atoms with Crippen LogP contribution >= 0.6 is 11.6 Å². The molecule has 4 nitrogen and oxygen atoms in total. The first kappa shape index (κ1) is 12.0. The lowest BCUT2D eigenvalue weighted by Crippen LogP contribution is -2.17. The Kier molecular flexibility index (Phi) is 3.23. The summed E-state index contributed by atoms with van der Waals surface area (Å²) in [4.78, 5) is 0. The molecule has 5 heteroatoms. The second-order valence-corrected chi connectivity index (χ2v) is 4.05. The average molecular weight is 258 g/mol. The lowest BCUT2D eigenvalue weighted by Gasteiger charge is -2.21. The minimum absolute atomic E-state index is 0.00131. The van der Waals surface area contributed by atoms with E-state index in [0.717, 1.165) is 0 Å². The van der Waals surface area contributed by atoms with Crippen molar-refractivity contribution in [1.29, 1.82) is 10.5 Å². The molecule has 2 N–H and O–H groups in total. The van der Waals surface area contributed by atoms with E-state index >= 15 is 0 Å². The summed E-state index contributed by atoms with van der Waals surface area (Å²) in [6, 6.07) is 11.0. The van der Waals surface area contributed by atoms with Gasteiger partial charge in [0.05, 0.1) is 17.6 Å². The maximum absolute atomic E-state index is 9.15. The molecule has 1 heterocycles. The number of hydrogen-bond acceptors (Lipinski definition) is 4. The number of allylic oxidation sites excluding steroid dienone is 2. The molecule has 0 spiro atoms. The van der Waals surface area contributed by atoms with Crippen molar-refractivity contribution in [3.05, 3.63) is 58.1 Å². The maximum Gasteiger partial charge on any atom is 0.204 e. The Bertz CT molecular complexity index is 634. The number of rotatable bonds is 1. The highest BCUT2D eigenvalue weighted by Crippen LogP contribution is 2.38. The number of ether oxygens (including phenoxy) is 1. The van der Waals surface area contributed by atoms with Gasteiger partial charge in [-0.15, -0.1) is 0 Å². The molecule has 1 aromatic rings. The molecule has 1 aromatic carbocycles. The molecule has 0 saturated heterocycles. The summed E-state index contributed by atoms with van der Waals surface area (Å²) < 4.78 is 4.98. The van der Waals surface area contributed by atoms with Gasteiger partial charge in [0.25, 0.3) is 0 Å². The van der Waals surface area contributed by atoms with E-state index in [1.807, 2.05) is 12.1 Å². The molecule has 1 aliphatic heterocycles. The zero-order chi connectivity index (χ0) is 13.1. The number of hydrogen-bond donors (Lipinski definition) is 1. The Labute approximate surface area is 109 Å². The monoisotopic (exact) mass is 257 g/mol. The third kappa shape index (κ3) is 1.90. The van der Waals surface area contributed by atoms with Crippen LogP contribution in [0.3, 0.4) is 0 Å². The van der Waals surface area contributed by atoms with Crippen molar-refractivity contribution in [2.45, 2.75) is 5.92 Å². The molecule has 1 atom stereocenters. The smallest absolute Gasteiger partial charge is 0.204 e. The fourth-order valence-electron chi connectivity index (χ4n) is 1.80. The predicted octanol–water partition coefficient (Wildman–Crippen LogP) is 2.56. The van der Waals surface area contributed by atoms with Gasteiger partial charge < -0.3 is 10.5 Å². The Hall–Kier alpha value is -2.43. The van der Waals surface area contributed by atoms with Crippen LogP contribution in [0, 0.1) is 22.7 Å². The van der Waals surface area contributed by atoms with Gasteiger partial charge in [0.2, 0.25) is 5.88 Å². The van der Waals surface area contributed by atoms with Crippen molar-refractivity contribution < 1.29 is 4.74 Å². The third-order valence-electron chi connectivity index (χ3n) is 2.64. The van der Waals surface area contributed by atoms with Gasteiger partial charge in [-0.05, 0) is 11.6 Å². The Balaban J connectivity index is 2.62. The first-order valence-electron chi connectivity index (χ1n) is 5.10. The number of nitrogens with two attached hydrogens (primary N) is 1. The largest absolute Gasteiger partial charge is 0.447 e. The van der Waals surface area contributed by atoms with Crippen molar-refractivity contribution in [2.24, 2.45) is 5.73 Å². The molecular formula is C13H8ClN3O. The van der Waals surface area contributed by atoms with Crippen LogP contribution in [0.25, 0.3) is 0 Å². The zero-order valence-corrected chi connectivity index (χ0v) is 9.98. The Morgan fingerprint density at radius 3 is 2.56 bits per heavy atom. The van der Waals surface area contributed by atoms with Gasteiger partial charge in [-0.2, -0.15) is 10.5 Å². The van der Waals surface area contributed by atoms with Crippen molar-refractivity contribution in [3.8, 4) is 12.1 Å². The van der Waals surface area contributed by atoms with Gasteiger partial charge in [-0.3, -0.25) is 0 Å². The quantitative estimate of drug-likeness (QED) is 0.838. The molecule has 0 saturated carbocycles. The average Bonchev–Trinajstić information content (AvgIpc) is 2.39. The molecule has 1 unspecified atom stereocenters. The standard InChI is InChI=1S/C13H8ClN3O/c14-11-4-2-1-3-9(11)12-8(5-15)7-18-13(17)10(12)6-16/h1-4,7,12H,17H2. The highest BCUT2D eigenvalue weighted by atomic mass is 35.5. The summed E-state index contributed by atoms with van der Waals surface area (Å²) in [5.41, 5.74) is 6.78. The molecule has 0 bridgehead atoms. The van der Waals surface area contributed by atoms with Crippen molar-refractivity contribution in [3.63, 3.8) is 0 Å². The molecule has 0 radical (unpaired) electrons. The van der Waals surface area contributed by atoms with Crippen molar-refractivity contribution >= 4 is 11.6 Å². The van der Waals surface area contributed by atoms with Crippen LogP contribution in [-0.4, -0.2) is 0 Å². The first-order chi connectivity index (χ1) is 8.69. The summed E-state index contributed by atoms with van der Waals surface area (Å²) in [5.74, 6) is -0.566. The second-order valence-electron chi connectivity index (χ2n) is 3.65. The molecule has 1 aliphatic rings. The molecule has 0 aliphatic carbocycles. The van der Waals surface area contributed by atoms with E-state index in [9.17, 15) is 0 Å². The lowest BCUT2D eigenvalue weighted by molar-refractivity contribution is 0.326. The van der Waals surface area contributed by atoms with Crippen LogP contribution in [0.15, 0.2) is 47.6 Å². The summed E-state index contributed by atoms with van der Waals surface area (Å²) >= 11 is 6.10. The fourth-order valence-corrected chi connectivity index (χ4v) is 2.04. The summed E-state index contributed by atoms with van der Waals surface area (Å²) in [6.07, 6.45) is 1.25. The van der Waals surface area contributed by atoms with Gasteiger partial charge in [-0.1, -0.05) is 29.8 Å². The second kappa shape index (κ2) is 4.83. The van der Waals surface area contributed by atoms with Gasteiger partial charge in [0.1, 0.15) is 17.9 Å². The van der Waals surface area contributed by atoms with E-state index in [4.69, 9.17) is 32.6 Å². The molecule has 88 valence electrons. The van der Waals surface area contributed by atoms with Gasteiger partial charge in [0.15, 0.2) is 0 Å². The van der Waals surface area contributed by atoms with E-state index in [2.05, 4.69) is 0 Å². The topological polar surface area (TPSA) is 82.8 Å². The summed E-state index contributed by atoms with van der Waals surface area (Å²) in [7, 11) is 0. The van der Waals surface area contributed by atoms with Crippen molar-refractivity contribution in [1.82, 2.24) is 0 Å². The van der Waals surface area contributed by atoms with Crippen LogP contribution in [-0.2, 0) is 4.74 Å². The van der Waals surface area contributed by atoms with Gasteiger partial charge in [-0.25, -0.2) is 0 Å². The van der Waals surface area contributed by atoms with Gasteiger partial charge in [0, 0.05) is 5.02 Å². The molecule has 0 fully saturated rings. The Morgan fingerprint density at radius 1 is 1.22 bits per heavy atom. The third-order valence-corrected chi connectivity index (χ3v) is 2.99. The van der Waals surface area contributed by atoms with Crippen LogP contribution in [0.2, 0.25) is 5.02 Å². The van der Waals surface area contributed by atoms with E-state index in [0.29, 0.717) is 16.2 Å². The predicted molar refractivity (Wildman–Crippen MR) is 65.8 cm³/mol. The molecule has 0 aromatic heterocycles. The van der Waals surface area contributed by atoms with E-state index in [-0.39, 0.29) is 11.5 Å². The molecular weight excluding hydrogens is 250 g/mol. The highest BCUT2D eigenvalue weighted by molar-refractivity contribution is 6.31. The lowest BCUT2D eigenvalue weighted by atomic mass is 9.85. The highest BCUT2D eigenvalue weighted by Gasteiger charge is 2.30. The SMILES string of the molecule is N#CC1=COC(N)=C(C#N)C1c1ccccc1Cl. The Morgan fingerprint density at radius 2 is 1.94 bits per heavy atom. The zero-order valence-electron chi connectivity index (χ0n) is 9.22. The van der Waals surface area contributed by atoms with Gasteiger partial charge >= 0.3 is 0 Å². The van der Waals surface area contributed by atoms with Crippen LogP contribution in [0.4, 0.5) is 0 Å². The van der Waals surface area contributed by atoms with Crippen molar-refractivity contribution in [2.75, 3.05) is 0 Å². The molecule has 18 heavy (non-hydrogen) atoms. The van der Waals surface area contributed by atoms with E-state index < -0.39 is 5.92 Å². The van der Waals surface area contributed by atoms with Crippen LogP contribution < -0.4 is 5.73 Å².